The second-order valence-electron chi connectivity index (χ2n) is 11.2. The van der Waals surface area contributed by atoms with E-state index in [1.165, 1.54) is 70.6 Å². The molecule has 4 heteroatoms. The highest BCUT2D eigenvalue weighted by atomic mass is 16.5. The van der Waals surface area contributed by atoms with Crippen LogP contribution in [-0.4, -0.2) is 17.0 Å². The Morgan fingerprint density at radius 2 is 1.31 bits per heavy atom. The molecule has 0 bridgehead atoms. The van der Waals surface area contributed by atoms with Crippen molar-refractivity contribution in [3.63, 3.8) is 0 Å². The third kappa shape index (κ3) is 9.98. The predicted molar refractivity (Wildman–Crippen MR) is 162 cm³/mol. The molecule has 0 saturated carbocycles. The number of rotatable bonds is 19. The molecule has 0 spiro atoms. The number of aliphatic carboxylic acids is 1. The summed E-state index contributed by atoms with van der Waals surface area (Å²) in [6.45, 7) is 4.26. The number of fused-ring (bicyclic) bond motifs is 2. The lowest BCUT2D eigenvalue weighted by molar-refractivity contribution is -0.147. The summed E-state index contributed by atoms with van der Waals surface area (Å²) in [7, 11) is 0. The number of esters is 1. The lowest BCUT2D eigenvalue weighted by Gasteiger charge is -2.15. The molecule has 0 aliphatic carbocycles. The third-order valence-electron chi connectivity index (χ3n) is 7.93. The van der Waals surface area contributed by atoms with Gasteiger partial charge in [-0.25, -0.2) is 0 Å². The normalized spacial score (nSPS) is 12.2. The van der Waals surface area contributed by atoms with Crippen LogP contribution in [0.15, 0.2) is 48.5 Å². The zero-order chi connectivity index (χ0) is 27.9. The molecule has 0 amide bonds. The molecule has 4 nitrogen and oxygen atoms in total. The molecule has 212 valence electrons. The SMILES string of the molecule is CCCCCCCCCCCCCCCCC(CC(=O)Oc1c2ccccc2cc2cccc(C)c12)C(=O)O. The summed E-state index contributed by atoms with van der Waals surface area (Å²) >= 11 is 0. The quantitative estimate of drug-likeness (QED) is 0.0722. The van der Waals surface area contributed by atoms with Crippen molar-refractivity contribution in [2.45, 2.75) is 117 Å². The molecule has 0 aliphatic rings. The van der Waals surface area contributed by atoms with Crippen molar-refractivity contribution in [2.75, 3.05) is 0 Å². The van der Waals surface area contributed by atoms with Crippen LogP contribution in [0.1, 0.15) is 115 Å². The summed E-state index contributed by atoms with van der Waals surface area (Å²) in [4.78, 5) is 24.9. The van der Waals surface area contributed by atoms with E-state index < -0.39 is 17.9 Å². The van der Waals surface area contributed by atoms with Crippen molar-refractivity contribution >= 4 is 33.5 Å². The Labute approximate surface area is 235 Å². The summed E-state index contributed by atoms with van der Waals surface area (Å²) in [5, 5.41) is 13.5. The van der Waals surface area contributed by atoms with Gasteiger partial charge in [0, 0.05) is 10.8 Å². The van der Waals surface area contributed by atoms with Gasteiger partial charge in [-0.2, -0.15) is 0 Å². The van der Waals surface area contributed by atoms with E-state index in [1.54, 1.807) is 0 Å². The molecule has 3 aromatic rings. The number of carboxylic acid groups (broad SMARTS) is 1. The fourth-order valence-corrected chi connectivity index (χ4v) is 5.61. The van der Waals surface area contributed by atoms with Crippen molar-refractivity contribution in [3.8, 4) is 5.75 Å². The molecule has 1 unspecified atom stereocenters. The minimum absolute atomic E-state index is 0.107. The molecule has 0 fully saturated rings. The average Bonchev–Trinajstić information content (AvgIpc) is 2.92. The van der Waals surface area contributed by atoms with Gasteiger partial charge in [-0.1, -0.05) is 139 Å². The number of carboxylic acids is 1. The average molecular weight is 533 g/mol. The van der Waals surface area contributed by atoms with Gasteiger partial charge in [0.15, 0.2) is 0 Å². The Bertz CT molecular complexity index is 1180. The van der Waals surface area contributed by atoms with Crippen LogP contribution in [0.3, 0.4) is 0 Å². The van der Waals surface area contributed by atoms with E-state index in [2.05, 4.69) is 13.0 Å². The van der Waals surface area contributed by atoms with Crippen molar-refractivity contribution in [2.24, 2.45) is 5.92 Å². The van der Waals surface area contributed by atoms with E-state index in [0.717, 1.165) is 46.4 Å². The van der Waals surface area contributed by atoms with Gasteiger partial charge in [0.2, 0.25) is 0 Å². The molecule has 1 atom stereocenters. The van der Waals surface area contributed by atoms with E-state index in [1.807, 2.05) is 49.4 Å². The maximum Gasteiger partial charge on any atom is 0.312 e. The van der Waals surface area contributed by atoms with Gasteiger partial charge in [-0.05, 0) is 35.7 Å². The first kappa shape index (κ1) is 30.7. The number of benzene rings is 3. The van der Waals surface area contributed by atoms with Gasteiger partial charge >= 0.3 is 11.9 Å². The lowest BCUT2D eigenvalue weighted by Crippen LogP contribution is -2.21. The first-order chi connectivity index (χ1) is 19.0. The number of ether oxygens (including phenoxy) is 1. The Morgan fingerprint density at radius 3 is 1.92 bits per heavy atom. The summed E-state index contributed by atoms with van der Waals surface area (Å²) in [5.41, 5.74) is 1.03. The second-order valence-corrected chi connectivity index (χ2v) is 11.2. The van der Waals surface area contributed by atoms with Crippen molar-refractivity contribution in [3.05, 3.63) is 54.1 Å². The minimum atomic E-state index is -0.916. The van der Waals surface area contributed by atoms with Crippen molar-refractivity contribution in [1.29, 1.82) is 0 Å². The molecule has 0 radical (unpaired) electrons. The number of hydrogen-bond donors (Lipinski definition) is 1. The molecule has 3 aromatic carbocycles. The number of hydrogen-bond acceptors (Lipinski definition) is 3. The van der Waals surface area contributed by atoms with E-state index in [-0.39, 0.29) is 6.42 Å². The highest BCUT2D eigenvalue weighted by molar-refractivity contribution is 6.07. The fourth-order valence-electron chi connectivity index (χ4n) is 5.61. The maximum absolute atomic E-state index is 13.0. The Balaban J connectivity index is 1.40. The number of carbonyl (C=O) groups excluding carboxylic acids is 1. The van der Waals surface area contributed by atoms with Crippen LogP contribution in [0.5, 0.6) is 5.75 Å². The van der Waals surface area contributed by atoms with Gasteiger partial charge in [0.05, 0.1) is 12.3 Å². The lowest BCUT2D eigenvalue weighted by atomic mass is 9.96. The minimum Gasteiger partial charge on any atom is -0.481 e. The first-order valence-corrected chi connectivity index (χ1v) is 15.4. The molecular formula is C35H48O4. The van der Waals surface area contributed by atoms with Gasteiger partial charge in [0.25, 0.3) is 0 Å². The molecule has 39 heavy (non-hydrogen) atoms. The van der Waals surface area contributed by atoms with E-state index >= 15 is 0 Å². The third-order valence-corrected chi connectivity index (χ3v) is 7.93. The predicted octanol–water partition coefficient (Wildman–Crippen LogP) is 10.2. The second kappa shape index (κ2) is 16.9. The molecule has 0 saturated heterocycles. The van der Waals surface area contributed by atoms with Gasteiger partial charge in [-0.3, -0.25) is 9.59 Å². The molecule has 0 aromatic heterocycles. The fraction of sp³-hybridized carbons (Fsp3) is 0.543. The summed E-state index contributed by atoms with van der Waals surface area (Å²) < 4.78 is 5.92. The smallest absolute Gasteiger partial charge is 0.312 e. The number of unbranched alkanes of at least 4 members (excludes halogenated alkanes) is 13. The van der Waals surface area contributed by atoms with Crippen molar-refractivity contribution < 1.29 is 19.4 Å². The Kier molecular flexibility index (Phi) is 13.3. The standard InChI is InChI=1S/C35H48O4/c1-3-4-5-6-7-8-9-10-11-12-13-14-15-16-22-30(35(37)38)26-32(36)39-34-31-24-18-17-21-28(31)25-29-23-19-20-27(2)33(29)34/h17-21,23-25,30H,3-16,22,26H2,1-2H3,(H,37,38). The molecule has 1 N–H and O–H groups in total. The summed E-state index contributed by atoms with van der Waals surface area (Å²) in [6.07, 6.45) is 18.1. The molecule has 3 rings (SSSR count). The van der Waals surface area contributed by atoms with Crippen LogP contribution in [0.25, 0.3) is 21.5 Å². The van der Waals surface area contributed by atoms with Gasteiger partial charge < -0.3 is 9.84 Å². The van der Waals surface area contributed by atoms with E-state index in [9.17, 15) is 14.7 Å². The summed E-state index contributed by atoms with van der Waals surface area (Å²) in [6, 6.07) is 16.0. The van der Waals surface area contributed by atoms with Crippen molar-refractivity contribution in [1.82, 2.24) is 0 Å². The Hall–Kier alpha value is -2.88. The highest BCUT2D eigenvalue weighted by Crippen LogP contribution is 2.37. The monoisotopic (exact) mass is 532 g/mol. The zero-order valence-corrected chi connectivity index (χ0v) is 24.2. The number of aryl methyl sites for hydroxylation is 1. The van der Waals surface area contributed by atoms with Crippen LogP contribution in [0.4, 0.5) is 0 Å². The van der Waals surface area contributed by atoms with E-state index in [4.69, 9.17) is 4.74 Å². The number of carbonyl (C=O) groups is 2. The van der Waals surface area contributed by atoms with Gasteiger partial charge in [-0.15, -0.1) is 0 Å². The molecular weight excluding hydrogens is 484 g/mol. The topological polar surface area (TPSA) is 63.6 Å². The zero-order valence-electron chi connectivity index (χ0n) is 24.2. The maximum atomic E-state index is 13.0. The molecule has 0 heterocycles. The van der Waals surface area contributed by atoms with Crippen LogP contribution < -0.4 is 4.74 Å². The van der Waals surface area contributed by atoms with E-state index in [0.29, 0.717) is 12.2 Å². The Morgan fingerprint density at radius 1 is 0.744 bits per heavy atom. The largest absolute Gasteiger partial charge is 0.481 e. The van der Waals surface area contributed by atoms with Gasteiger partial charge in [0.1, 0.15) is 5.75 Å². The van der Waals surface area contributed by atoms with Crippen LogP contribution in [-0.2, 0) is 9.59 Å². The highest BCUT2D eigenvalue weighted by Gasteiger charge is 2.23. The van der Waals surface area contributed by atoms with Crippen LogP contribution >= 0.6 is 0 Å². The van der Waals surface area contributed by atoms with Crippen LogP contribution in [0.2, 0.25) is 0 Å². The molecule has 0 aliphatic heterocycles. The van der Waals surface area contributed by atoms with Crippen LogP contribution in [0, 0.1) is 12.8 Å². The summed E-state index contributed by atoms with van der Waals surface area (Å²) in [5.74, 6) is -1.57. The first-order valence-electron chi connectivity index (χ1n) is 15.4.